The zero-order valence-corrected chi connectivity index (χ0v) is 27.1. The van der Waals surface area contributed by atoms with Crippen LogP contribution in [0.4, 0.5) is 0 Å². The van der Waals surface area contributed by atoms with Crippen molar-refractivity contribution >= 4 is 11.8 Å². The van der Waals surface area contributed by atoms with E-state index in [2.05, 4.69) is 11.4 Å². The molecule has 0 saturated carbocycles. The molecule has 0 aromatic carbocycles. The predicted octanol–water partition coefficient (Wildman–Crippen LogP) is 2.49. The van der Waals surface area contributed by atoms with Gasteiger partial charge in [-0.1, -0.05) is 39.0 Å². The lowest BCUT2D eigenvalue weighted by molar-refractivity contribution is -0.300. The summed E-state index contributed by atoms with van der Waals surface area (Å²) in [6.07, 6.45) is 4.18. The standard InChI is InChI=1S/C32H55N3O7/c1-19-17-32(6,39)29(42-31-27(37)25(34(7)8)16-20(2)40-31)21(3)28(41-23(5)24-12-10-11-13-24)22(4)30(38)33-15-14-26(36)35(9)18-19/h10-12,19-23,25,27-29,31,37,39H,13-18H2,1-9H3,(H,33,38)/t19-,20-,21+,22-,23+,25+,27-,28+,29-,31+,32-/m1/s1. The summed E-state index contributed by atoms with van der Waals surface area (Å²) < 4.78 is 19.4. The Balaban J connectivity index is 2.02. The number of carbonyl (C=O) groups excluding carboxylic acids is 2. The minimum absolute atomic E-state index is 0.0548. The van der Waals surface area contributed by atoms with Crippen LogP contribution in [0.5, 0.6) is 0 Å². The van der Waals surface area contributed by atoms with Gasteiger partial charge in [0.2, 0.25) is 11.8 Å². The van der Waals surface area contributed by atoms with E-state index >= 15 is 0 Å². The number of rotatable bonds is 6. The van der Waals surface area contributed by atoms with E-state index in [1.54, 1.807) is 18.9 Å². The first-order valence-corrected chi connectivity index (χ1v) is 15.5. The van der Waals surface area contributed by atoms with Gasteiger partial charge in [-0.05, 0) is 65.6 Å². The van der Waals surface area contributed by atoms with Crippen molar-refractivity contribution in [1.29, 1.82) is 0 Å². The molecule has 3 aliphatic rings. The topological polar surface area (TPSA) is 121 Å². The second kappa shape index (κ2) is 14.8. The van der Waals surface area contributed by atoms with Crippen LogP contribution in [0.3, 0.4) is 0 Å². The molecule has 2 heterocycles. The summed E-state index contributed by atoms with van der Waals surface area (Å²) in [4.78, 5) is 29.8. The molecule has 11 atom stereocenters. The Morgan fingerprint density at radius 2 is 1.90 bits per heavy atom. The molecule has 0 aromatic rings. The molecule has 42 heavy (non-hydrogen) atoms. The fourth-order valence-corrected chi connectivity index (χ4v) is 6.84. The average molecular weight is 594 g/mol. The van der Waals surface area contributed by atoms with E-state index in [0.717, 1.165) is 12.0 Å². The quantitative estimate of drug-likeness (QED) is 0.430. The van der Waals surface area contributed by atoms with Crippen LogP contribution >= 0.6 is 0 Å². The number of allylic oxidation sites excluding steroid dienone is 3. The minimum Gasteiger partial charge on any atom is -0.387 e. The molecule has 0 aromatic heterocycles. The Morgan fingerprint density at radius 3 is 2.52 bits per heavy atom. The average Bonchev–Trinajstić information content (AvgIpc) is 3.45. The van der Waals surface area contributed by atoms with Crippen LogP contribution in [0.25, 0.3) is 0 Å². The summed E-state index contributed by atoms with van der Waals surface area (Å²) >= 11 is 0. The Morgan fingerprint density at radius 1 is 1.21 bits per heavy atom. The third-order valence-electron chi connectivity index (χ3n) is 9.17. The van der Waals surface area contributed by atoms with Gasteiger partial charge in [-0.3, -0.25) is 9.59 Å². The van der Waals surface area contributed by atoms with Gasteiger partial charge in [0.25, 0.3) is 0 Å². The number of hydrogen-bond donors (Lipinski definition) is 3. The van der Waals surface area contributed by atoms with E-state index in [0.29, 0.717) is 19.4 Å². The fraction of sp³-hybridized carbons (Fsp3) is 0.812. The van der Waals surface area contributed by atoms with Crippen molar-refractivity contribution in [2.24, 2.45) is 17.8 Å². The van der Waals surface area contributed by atoms with Crippen molar-refractivity contribution in [3.05, 3.63) is 23.8 Å². The van der Waals surface area contributed by atoms with E-state index in [9.17, 15) is 19.8 Å². The van der Waals surface area contributed by atoms with Gasteiger partial charge in [-0.25, -0.2) is 0 Å². The SMILES string of the molecule is C[C@H]1CN(C)C(=O)CCNC(=O)[C@H](C)[C@@H](O[C@@H](C)C2=CC=CC2)[C@H](C)[C@@H](O[C@@H]2O[C@H](C)C[C@H](N(C)C)[C@H]2O)[C@](C)(O)C1. The van der Waals surface area contributed by atoms with Crippen LogP contribution in [0.2, 0.25) is 0 Å². The molecule has 10 heteroatoms. The summed E-state index contributed by atoms with van der Waals surface area (Å²) in [5.41, 5.74) is -0.297. The lowest BCUT2D eigenvalue weighted by atomic mass is 9.77. The van der Waals surface area contributed by atoms with Gasteiger partial charge < -0.3 is 39.5 Å². The molecular weight excluding hydrogens is 538 g/mol. The maximum atomic E-state index is 13.4. The van der Waals surface area contributed by atoms with Gasteiger partial charge in [0.1, 0.15) is 6.10 Å². The summed E-state index contributed by atoms with van der Waals surface area (Å²) in [5.74, 6) is -1.44. The fourth-order valence-electron chi connectivity index (χ4n) is 6.84. The Kier molecular flexibility index (Phi) is 12.2. The molecule has 240 valence electrons. The van der Waals surface area contributed by atoms with Crippen molar-refractivity contribution in [2.75, 3.05) is 34.2 Å². The van der Waals surface area contributed by atoms with Crippen molar-refractivity contribution in [2.45, 2.75) is 116 Å². The molecule has 3 rings (SSSR count). The van der Waals surface area contributed by atoms with E-state index in [1.165, 1.54) is 0 Å². The van der Waals surface area contributed by atoms with Crippen LogP contribution in [0, 0.1) is 17.8 Å². The van der Waals surface area contributed by atoms with Gasteiger partial charge >= 0.3 is 0 Å². The van der Waals surface area contributed by atoms with Gasteiger partial charge in [-0.15, -0.1) is 0 Å². The smallest absolute Gasteiger partial charge is 0.225 e. The number of carbonyl (C=O) groups is 2. The lowest BCUT2D eigenvalue weighted by Gasteiger charge is -2.47. The molecule has 0 spiro atoms. The highest BCUT2D eigenvalue weighted by atomic mass is 16.7. The van der Waals surface area contributed by atoms with Gasteiger partial charge in [0.05, 0.1) is 35.9 Å². The van der Waals surface area contributed by atoms with E-state index in [4.69, 9.17) is 14.2 Å². The number of amides is 2. The molecule has 2 saturated heterocycles. The third-order valence-corrected chi connectivity index (χ3v) is 9.17. The highest BCUT2D eigenvalue weighted by molar-refractivity contribution is 5.80. The number of aliphatic hydroxyl groups is 2. The molecule has 0 bridgehead atoms. The maximum Gasteiger partial charge on any atom is 0.225 e. The summed E-state index contributed by atoms with van der Waals surface area (Å²) in [6.45, 7) is 12.1. The van der Waals surface area contributed by atoms with Gasteiger partial charge in [0, 0.05) is 38.5 Å². The molecule has 2 aliphatic heterocycles. The molecule has 3 N–H and O–H groups in total. The maximum absolute atomic E-state index is 13.4. The van der Waals surface area contributed by atoms with Crippen LogP contribution in [-0.4, -0.2) is 115 Å². The molecule has 2 fully saturated rings. The third kappa shape index (κ3) is 8.64. The molecule has 10 nitrogen and oxygen atoms in total. The molecular formula is C32H55N3O7. The van der Waals surface area contributed by atoms with Crippen LogP contribution < -0.4 is 5.32 Å². The highest BCUT2D eigenvalue weighted by Gasteiger charge is 2.48. The number of nitrogens with one attached hydrogen (secondary N) is 1. The largest absolute Gasteiger partial charge is 0.387 e. The number of nitrogens with zero attached hydrogens (tertiary/aromatic N) is 2. The van der Waals surface area contributed by atoms with Crippen LogP contribution in [0.1, 0.15) is 67.2 Å². The van der Waals surface area contributed by atoms with Crippen molar-refractivity contribution in [1.82, 2.24) is 15.1 Å². The Bertz CT molecular complexity index is 983. The first-order valence-electron chi connectivity index (χ1n) is 15.5. The Labute approximate surface area is 252 Å². The normalized spacial score (nSPS) is 40.0. The summed E-state index contributed by atoms with van der Waals surface area (Å²) in [5, 5.41) is 26.4. The molecule has 2 amide bonds. The van der Waals surface area contributed by atoms with E-state index in [-0.39, 0.29) is 48.9 Å². The second-order valence-corrected chi connectivity index (χ2v) is 13.4. The Hall–Kier alpha value is -1.82. The first-order chi connectivity index (χ1) is 19.6. The number of hydrogen-bond acceptors (Lipinski definition) is 8. The molecule has 0 unspecified atom stereocenters. The monoisotopic (exact) mass is 593 g/mol. The number of likely N-dealkylation sites (N-methyl/N-ethyl adjacent to an activating group) is 1. The van der Waals surface area contributed by atoms with Crippen LogP contribution in [0.15, 0.2) is 23.8 Å². The molecule has 1 aliphatic carbocycles. The van der Waals surface area contributed by atoms with Crippen LogP contribution in [-0.2, 0) is 23.8 Å². The van der Waals surface area contributed by atoms with Crippen molar-refractivity contribution in [3.63, 3.8) is 0 Å². The summed E-state index contributed by atoms with van der Waals surface area (Å²) in [6, 6.07) is -0.185. The summed E-state index contributed by atoms with van der Waals surface area (Å²) in [7, 11) is 5.58. The van der Waals surface area contributed by atoms with Crippen molar-refractivity contribution < 1.29 is 34.0 Å². The van der Waals surface area contributed by atoms with Gasteiger partial charge in [-0.2, -0.15) is 0 Å². The molecule has 0 radical (unpaired) electrons. The van der Waals surface area contributed by atoms with Crippen molar-refractivity contribution in [3.8, 4) is 0 Å². The highest BCUT2D eigenvalue weighted by Crippen LogP contribution is 2.37. The lowest BCUT2D eigenvalue weighted by Crippen LogP contribution is -2.59. The zero-order chi connectivity index (χ0) is 31.4. The van der Waals surface area contributed by atoms with Gasteiger partial charge in [0.15, 0.2) is 6.29 Å². The number of ether oxygens (including phenoxy) is 3. The predicted molar refractivity (Wildman–Crippen MR) is 161 cm³/mol. The number of aliphatic hydroxyl groups excluding tert-OH is 1. The first kappa shape index (κ1) is 34.7. The van der Waals surface area contributed by atoms with E-state index < -0.39 is 42.0 Å². The zero-order valence-electron chi connectivity index (χ0n) is 27.1. The second-order valence-electron chi connectivity index (χ2n) is 13.4. The minimum atomic E-state index is -1.40. The van der Waals surface area contributed by atoms with E-state index in [1.807, 2.05) is 65.8 Å².